The second-order valence-electron chi connectivity index (χ2n) is 33.3. The van der Waals surface area contributed by atoms with Crippen LogP contribution in [-0.2, 0) is 83.8 Å². The van der Waals surface area contributed by atoms with Crippen LogP contribution in [0.3, 0.4) is 0 Å². The third-order valence-corrected chi connectivity index (χ3v) is 31.2. The maximum Gasteiger partial charge on any atom is 0.333 e. The number of nitrogens with one attached hydrogen (secondary N) is 3. The van der Waals surface area contributed by atoms with Gasteiger partial charge in [-0.05, 0) is 192 Å². The molecular formula is C87H100Cl3N15O22S9. The Bertz CT molecular complexity index is 6460. The lowest BCUT2D eigenvalue weighted by Gasteiger charge is -2.15. The number of aryl methyl sites for hydroxylation is 1. The van der Waals surface area contributed by atoms with E-state index in [4.69, 9.17) is 55.4 Å². The molecule has 0 bridgehead atoms. The number of ketones is 4. The van der Waals surface area contributed by atoms with E-state index >= 15 is 0 Å². The topological polar surface area (TPSA) is 606 Å². The zero-order valence-corrected chi connectivity index (χ0v) is 82.6. The molecule has 37 nitrogen and oxygen atoms in total. The van der Waals surface area contributed by atoms with E-state index in [0.717, 1.165) is 61.3 Å². The van der Waals surface area contributed by atoms with Crippen LogP contribution < -0.4 is 36.5 Å². The average Bonchev–Trinajstić information content (AvgIpc) is 1.66. The summed E-state index contributed by atoms with van der Waals surface area (Å²) in [6.45, 7) is 6.27. The van der Waals surface area contributed by atoms with Crippen LogP contribution in [0, 0.1) is 36.5 Å². The first kappa shape index (κ1) is 106. The van der Waals surface area contributed by atoms with E-state index in [2.05, 4.69) is 90.6 Å². The number of benzene rings is 2. The van der Waals surface area contributed by atoms with Crippen LogP contribution in [0.1, 0.15) is 189 Å². The van der Waals surface area contributed by atoms with Gasteiger partial charge in [-0.2, -0.15) is 33.7 Å². The number of halogens is 3. The number of rotatable bonds is 37. The first-order valence-electron chi connectivity index (χ1n) is 42.4. The Kier molecular flexibility index (Phi) is 37.7. The summed E-state index contributed by atoms with van der Waals surface area (Å²) in [4.78, 5) is 91.9. The molecule has 8 aromatic heterocycles. The highest BCUT2D eigenvalue weighted by Crippen LogP contribution is 2.42. The van der Waals surface area contributed by atoms with Gasteiger partial charge < -0.3 is 46.6 Å². The maximum atomic E-state index is 13.4. The second kappa shape index (κ2) is 48.2. The summed E-state index contributed by atoms with van der Waals surface area (Å²) < 4.78 is 107. The van der Waals surface area contributed by atoms with Crippen molar-refractivity contribution in [1.82, 2.24) is 39.9 Å². The number of aliphatic hydroxyl groups is 6. The minimum atomic E-state index is -4.11. The standard InChI is InChI=1S/C23H25ClN4O6S2.C23H29N3O5S2.C22H23ClN4O5S3.C19H23ClN4O6S2/c24-16-3-1-2-13(4-16)5-20-14(10-29)7-21(35-20)22(31)18-9-26-12-27-23(18)28-17-6-15(19(30)8-17)11-34-36(25,32)33;24-33(29,30)31-12-18-7-16(9-21(18)27)8-20-19(11-25-14-26-20)23(28)22-10-17(13-32-22)6-15-4-2-1-3-5-15;1-12-19(34-16-4-2-3-14(23)6-16)8-20(33-12)21(29)17-9-25-11-26-22(17)27-15-5-13(18(28)7-15)10-32-35(24,30)31;1-9(2)16(26)12-5-15(31-18(12)20)17(27)13-6-22-8-23-19(13)24-11-3-10(14(25)4-11)7-30-32(21,28)29/h1-4,7,9,12,15,17,19,29-30H,5-6,8,10-11H2,(H2,25,32,33)(H,26,27,28);4,10-11,13-14,16,18,21,27H,1-3,5-9,12H2,(H2,24,29,30);2-4,6,8-9,11,13,15,18,28H,5,7,10H2,1H3,(H2,24,30,31)(H,25,26,27);5-6,8,10-11,14,16,25-26H,1,3-4,7H2,2H3,(H2,21,28,29)(H,22,23,24)/t15-,17-,19+;16-,18+,21-;13-,15-,18+;10-,11-,14+,16?/m1011/s1. The van der Waals surface area contributed by atoms with Crippen LogP contribution in [0.4, 0.5) is 17.5 Å². The number of carbonyl (C=O) groups excluding carboxylic acids is 4. The molecule has 0 spiro atoms. The lowest BCUT2D eigenvalue weighted by Crippen LogP contribution is -2.24. The molecule has 8 heterocycles. The van der Waals surface area contributed by atoms with Gasteiger partial charge in [0.2, 0.25) is 23.1 Å². The molecule has 49 heteroatoms. The first-order valence-corrected chi connectivity index (χ1v) is 53.6. The highest BCUT2D eigenvalue weighted by atomic mass is 35.5. The molecule has 2 aromatic carbocycles. The summed E-state index contributed by atoms with van der Waals surface area (Å²) in [5.74, 6) is -1.67. The molecule has 1 unspecified atom stereocenters. The van der Waals surface area contributed by atoms with Gasteiger partial charge in [0, 0.05) is 108 Å². The Morgan fingerprint density at radius 3 is 1.46 bits per heavy atom. The van der Waals surface area contributed by atoms with Gasteiger partial charge in [0.15, 0.2) is 0 Å². The molecule has 0 amide bonds. The molecule has 5 aliphatic carbocycles. The summed E-state index contributed by atoms with van der Waals surface area (Å²) in [5.41, 5.74) is 6.99. The molecular weight excluding hydrogens is 2000 g/mol. The molecule has 4 fully saturated rings. The Balaban J connectivity index is 0.000000163. The van der Waals surface area contributed by atoms with Crippen LogP contribution >= 0.6 is 91.9 Å². The summed E-state index contributed by atoms with van der Waals surface area (Å²) in [7, 11) is -16.3. The first-order chi connectivity index (χ1) is 64.5. The highest BCUT2D eigenvalue weighted by molar-refractivity contribution is 7.99. The number of thiophene rings is 4. The van der Waals surface area contributed by atoms with Crippen LogP contribution in [-0.4, -0.2) is 196 Å². The average molecular weight is 2100 g/mol. The van der Waals surface area contributed by atoms with Crippen molar-refractivity contribution in [2.24, 2.45) is 50.1 Å². The number of allylic oxidation sites excluding steroid dienone is 2. The number of nitrogens with zero attached hydrogens (tertiary/aromatic N) is 8. The fraction of sp³-hybridized carbons (Fsp3) is 0.402. The predicted molar refractivity (Wildman–Crippen MR) is 515 cm³/mol. The Morgan fingerprint density at radius 2 is 0.993 bits per heavy atom. The molecule has 15 rings (SSSR count). The number of nitrogens with two attached hydrogens (primary N) is 4. The van der Waals surface area contributed by atoms with Crippen molar-refractivity contribution in [1.29, 1.82) is 0 Å². The lowest BCUT2D eigenvalue weighted by molar-refractivity contribution is 0.0998. The second-order valence-corrected chi connectivity index (χ2v) is 45.1. The number of hydrogen-bond acceptors (Lipinski definition) is 38. The molecule has 0 saturated heterocycles. The van der Waals surface area contributed by atoms with Crippen molar-refractivity contribution in [2.75, 3.05) is 42.4 Å². The Hall–Kier alpha value is -8.42. The van der Waals surface area contributed by atoms with Crippen molar-refractivity contribution in [3.05, 3.63) is 246 Å². The summed E-state index contributed by atoms with van der Waals surface area (Å²) in [6, 6.07) is 21.1. The van der Waals surface area contributed by atoms with Gasteiger partial charge in [-0.25, -0.2) is 60.4 Å². The molecule has 17 N–H and O–H groups in total. The van der Waals surface area contributed by atoms with Gasteiger partial charge in [-0.15, -0.1) is 45.3 Å². The molecule has 0 radical (unpaired) electrons. The van der Waals surface area contributed by atoms with E-state index in [1.54, 1.807) is 25.3 Å². The van der Waals surface area contributed by atoms with E-state index in [0.29, 0.717) is 139 Å². The van der Waals surface area contributed by atoms with E-state index < -0.39 is 89.5 Å². The molecule has 10 aromatic rings. The molecule has 13 atom stereocenters. The van der Waals surface area contributed by atoms with Crippen LogP contribution in [0.25, 0.3) is 0 Å². The number of anilines is 3. The van der Waals surface area contributed by atoms with Gasteiger partial charge in [-0.3, -0.25) is 35.9 Å². The predicted octanol–water partition coefficient (Wildman–Crippen LogP) is 10.7. The minimum Gasteiger partial charge on any atom is -0.393 e. The number of aromatic nitrogens is 8. The summed E-state index contributed by atoms with van der Waals surface area (Å²) >= 11 is 25.1. The van der Waals surface area contributed by atoms with Crippen LogP contribution in [0.2, 0.25) is 14.4 Å². The quantitative estimate of drug-likeness (QED) is 0.0127. The van der Waals surface area contributed by atoms with Crippen molar-refractivity contribution < 1.29 is 100 Å². The zero-order chi connectivity index (χ0) is 98.1. The molecule has 136 heavy (non-hydrogen) atoms. The van der Waals surface area contributed by atoms with Gasteiger partial charge in [0.1, 0.15) is 48.9 Å². The monoisotopic (exact) mass is 2100 g/mol. The van der Waals surface area contributed by atoms with E-state index in [9.17, 15) is 83.5 Å². The molecule has 0 aliphatic heterocycles. The maximum absolute atomic E-state index is 13.4. The van der Waals surface area contributed by atoms with E-state index in [1.165, 1.54) is 114 Å². The van der Waals surface area contributed by atoms with Crippen molar-refractivity contribution in [3.63, 3.8) is 0 Å². The number of aliphatic hydroxyl groups excluding tert-OH is 6. The molecule has 5 aliphatic rings. The summed E-state index contributed by atoms with van der Waals surface area (Å²) in [6.07, 6.45) is 19.3. The smallest absolute Gasteiger partial charge is 0.333 e. The third-order valence-electron chi connectivity index (χ3n) is 23.0. The van der Waals surface area contributed by atoms with E-state index in [-0.39, 0.29) is 107 Å². The van der Waals surface area contributed by atoms with Gasteiger partial charge in [0.25, 0.3) is 0 Å². The van der Waals surface area contributed by atoms with Crippen LogP contribution in [0.5, 0.6) is 0 Å². The SMILES string of the molecule is C=C(C)C(O)c1cc(C(=O)c2cncnc2N[C@@H]2C[C@H](COS(N)(=O)=O)[C@@H](O)C2)sc1Cl.Cc1sc(C(=O)c2cncnc2N[C@@H]2C[C@H](COS(N)(=O)=O)[C@@H](O)C2)cc1Sc1cccc(Cl)c1.NS(=O)(=O)OC[C@H]1C[C@@H](Cc2ncncc2C(=O)c2cc(CC3=CCCCC3)cs2)C[C@@H]1O.NS(=O)(=O)OC[C@H]1C[C@@H](Nc2ncncc2C(=O)c2cc(CO)c(Cc3cccc(Cl)c3)s2)C[C@@H]1O. The van der Waals surface area contributed by atoms with Crippen LogP contribution in [0.15, 0.2) is 162 Å². The molecule has 730 valence electrons. The van der Waals surface area contributed by atoms with Gasteiger partial charge >= 0.3 is 41.2 Å². The lowest BCUT2D eigenvalue weighted by atomic mass is 9.94. The number of hydrogen-bond donors (Lipinski definition) is 13. The number of carbonyl (C=O) groups is 4. The van der Waals surface area contributed by atoms with Gasteiger partial charge in [-0.1, -0.05) is 83.0 Å². The fourth-order valence-electron chi connectivity index (χ4n) is 16.3. The van der Waals surface area contributed by atoms with Gasteiger partial charge in [0.05, 0.1) is 109 Å². The van der Waals surface area contributed by atoms with E-state index in [1.807, 2.05) is 61.5 Å². The fourth-order valence-corrected chi connectivity index (χ4v) is 23.6. The summed E-state index contributed by atoms with van der Waals surface area (Å²) in [5, 5.41) is 93.5. The zero-order valence-electron chi connectivity index (χ0n) is 73.0. The molecule has 4 saturated carbocycles. The Labute approximate surface area is 820 Å². The third kappa shape index (κ3) is 31.0. The normalized spacial score (nSPS) is 21.3. The Morgan fingerprint density at radius 1 is 0.537 bits per heavy atom. The minimum absolute atomic E-state index is 0.0488. The van der Waals surface area contributed by atoms with Crippen molar-refractivity contribution >= 4 is 174 Å². The highest BCUT2D eigenvalue weighted by Gasteiger charge is 2.40. The largest absolute Gasteiger partial charge is 0.393 e. The van der Waals surface area contributed by atoms with Crippen molar-refractivity contribution in [3.8, 4) is 0 Å². The van der Waals surface area contributed by atoms with Crippen molar-refractivity contribution in [2.45, 2.75) is 175 Å².